The Morgan fingerprint density at radius 3 is 2.44 bits per heavy atom. The number of amides is 1. The van der Waals surface area contributed by atoms with Crippen LogP contribution >= 0.6 is 0 Å². The molecule has 0 radical (unpaired) electrons. The molecule has 0 saturated carbocycles. The zero-order valence-electron chi connectivity index (χ0n) is 18.6. The van der Waals surface area contributed by atoms with Gasteiger partial charge < -0.3 is 14.7 Å². The highest BCUT2D eigenvalue weighted by molar-refractivity contribution is 6.11. The predicted octanol–water partition coefficient (Wildman–Crippen LogP) is 4.50. The van der Waals surface area contributed by atoms with Gasteiger partial charge in [-0.15, -0.1) is 0 Å². The Morgan fingerprint density at radius 2 is 1.69 bits per heavy atom. The number of rotatable bonds is 7. The van der Waals surface area contributed by atoms with Crippen molar-refractivity contribution < 1.29 is 19.4 Å². The first kappa shape index (κ1) is 21.8. The van der Waals surface area contributed by atoms with Gasteiger partial charge in [0.05, 0.1) is 18.7 Å². The molecule has 0 spiro atoms. The van der Waals surface area contributed by atoms with E-state index in [0.29, 0.717) is 16.8 Å². The standard InChI is InChI=1S/C27H27NO4/c1-18-12-13-21(20(3)16-18)24(29)17-27(31)22-9-5-6-10-23(22)28(26(27)30)14-15-32-25-11-7-4-8-19(25)2/h4-13,16,31H,14-15,17H2,1-3H3. The molecule has 1 amide bonds. The molecular weight excluding hydrogens is 402 g/mol. The highest BCUT2D eigenvalue weighted by atomic mass is 16.5. The molecule has 4 rings (SSSR count). The first-order valence-corrected chi connectivity index (χ1v) is 10.7. The quantitative estimate of drug-likeness (QED) is 0.562. The average molecular weight is 430 g/mol. The molecule has 0 aromatic heterocycles. The van der Waals surface area contributed by atoms with Crippen LogP contribution in [0.3, 0.4) is 0 Å². The van der Waals surface area contributed by atoms with Crippen LogP contribution in [0.2, 0.25) is 0 Å². The lowest BCUT2D eigenvalue weighted by atomic mass is 9.87. The van der Waals surface area contributed by atoms with Crippen LogP contribution < -0.4 is 9.64 Å². The van der Waals surface area contributed by atoms with Crippen molar-refractivity contribution in [1.29, 1.82) is 0 Å². The van der Waals surface area contributed by atoms with Crippen molar-refractivity contribution in [1.82, 2.24) is 0 Å². The topological polar surface area (TPSA) is 66.8 Å². The molecule has 1 N–H and O–H groups in total. The number of nitrogens with zero attached hydrogens (tertiary/aromatic N) is 1. The van der Waals surface area contributed by atoms with Crippen molar-refractivity contribution >= 4 is 17.4 Å². The maximum absolute atomic E-state index is 13.4. The molecule has 0 fully saturated rings. The van der Waals surface area contributed by atoms with Gasteiger partial charge in [-0.05, 0) is 44.0 Å². The van der Waals surface area contributed by atoms with Crippen molar-refractivity contribution in [2.45, 2.75) is 32.8 Å². The summed E-state index contributed by atoms with van der Waals surface area (Å²) in [4.78, 5) is 28.0. The van der Waals surface area contributed by atoms with E-state index >= 15 is 0 Å². The Bertz CT molecular complexity index is 1190. The van der Waals surface area contributed by atoms with Crippen LogP contribution in [0.4, 0.5) is 5.69 Å². The molecule has 5 heteroatoms. The van der Waals surface area contributed by atoms with Gasteiger partial charge in [-0.3, -0.25) is 9.59 Å². The fourth-order valence-corrected chi connectivity index (χ4v) is 4.32. The molecule has 1 heterocycles. The maximum atomic E-state index is 13.4. The number of para-hydroxylation sites is 2. The SMILES string of the molecule is Cc1ccc(C(=O)CC2(O)C(=O)N(CCOc3ccccc3C)c3ccccc32)c(C)c1. The van der Waals surface area contributed by atoms with Crippen molar-refractivity contribution in [3.63, 3.8) is 0 Å². The van der Waals surface area contributed by atoms with Gasteiger partial charge >= 0.3 is 0 Å². The smallest absolute Gasteiger partial charge is 0.264 e. The zero-order chi connectivity index (χ0) is 22.9. The molecule has 0 saturated heterocycles. The van der Waals surface area contributed by atoms with Gasteiger partial charge in [0.1, 0.15) is 12.4 Å². The Morgan fingerprint density at radius 1 is 0.969 bits per heavy atom. The minimum atomic E-state index is -1.90. The van der Waals surface area contributed by atoms with E-state index in [1.54, 1.807) is 24.3 Å². The van der Waals surface area contributed by atoms with Crippen LogP contribution in [0.1, 0.15) is 39.0 Å². The number of Topliss-reactive ketones (excluding diaryl/α,β-unsaturated/α-hetero) is 1. The minimum absolute atomic E-state index is 0.258. The lowest BCUT2D eigenvalue weighted by Crippen LogP contribution is -2.43. The summed E-state index contributed by atoms with van der Waals surface area (Å²) in [6.45, 7) is 6.33. The molecule has 0 aliphatic carbocycles. The van der Waals surface area contributed by atoms with Gasteiger partial charge in [0, 0.05) is 11.1 Å². The number of aryl methyl sites for hydroxylation is 3. The second-order valence-electron chi connectivity index (χ2n) is 8.37. The van der Waals surface area contributed by atoms with Crippen LogP contribution in [0.15, 0.2) is 66.7 Å². The van der Waals surface area contributed by atoms with Gasteiger partial charge in [-0.1, -0.05) is 60.2 Å². The molecule has 1 aliphatic heterocycles. The van der Waals surface area contributed by atoms with Crippen LogP contribution in [0, 0.1) is 20.8 Å². The number of fused-ring (bicyclic) bond motifs is 1. The number of ether oxygens (including phenoxy) is 1. The molecule has 5 nitrogen and oxygen atoms in total. The molecule has 1 aliphatic rings. The molecular formula is C27H27NO4. The molecule has 3 aromatic carbocycles. The fourth-order valence-electron chi connectivity index (χ4n) is 4.32. The summed E-state index contributed by atoms with van der Waals surface area (Å²) in [5.74, 6) is 0.00378. The fraction of sp³-hybridized carbons (Fsp3) is 0.259. The van der Waals surface area contributed by atoms with E-state index in [0.717, 1.165) is 22.4 Å². The second-order valence-corrected chi connectivity index (χ2v) is 8.37. The summed E-state index contributed by atoms with van der Waals surface area (Å²) in [7, 11) is 0. The highest BCUT2D eigenvalue weighted by Crippen LogP contribution is 2.42. The number of ketones is 1. The number of benzene rings is 3. The van der Waals surface area contributed by atoms with Gasteiger partial charge in [0.25, 0.3) is 5.91 Å². The van der Waals surface area contributed by atoms with E-state index in [2.05, 4.69) is 0 Å². The van der Waals surface area contributed by atoms with E-state index in [4.69, 9.17) is 4.74 Å². The molecule has 32 heavy (non-hydrogen) atoms. The highest BCUT2D eigenvalue weighted by Gasteiger charge is 2.50. The van der Waals surface area contributed by atoms with E-state index in [-0.39, 0.29) is 25.4 Å². The zero-order valence-corrected chi connectivity index (χ0v) is 18.6. The summed E-state index contributed by atoms with van der Waals surface area (Å²) in [6, 6.07) is 20.3. The van der Waals surface area contributed by atoms with Crippen LogP contribution in [-0.2, 0) is 10.4 Å². The van der Waals surface area contributed by atoms with Crippen molar-refractivity contribution in [2.24, 2.45) is 0 Å². The monoisotopic (exact) mass is 429 g/mol. The first-order valence-electron chi connectivity index (χ1n) is 10.7. The Labute approximate surface area is 188 Å². The third kappa shape index (κ3) is 3.92. The Kier molecular flexibility index (Phi) is 5.85. The third-order valence-corrected chi connectivity index (χ3v) is 6.00. The van der Waals surface area contributed by atoms with Crippen molar-refractivity contribution in [3.05, 3.63) is 94.5 Å². The summed E-state index contributed by atoms with van der Waals surface area (Å²) >= 11 is 0. The molecule has 1 atom stereocenters. The van der Waals surface area contributed by atoms with E-state index < -0.39 is 11.5 Å². The Hall–Kier alpha value is -3.44. The summed E-state index contributed by atoms with van der Waals surface area (Å²) in [5.41, 5.74) is 2.60. The summed E-state index contributed by atoms with van der Waals surface area (Å²) in [6.07, 6.45) is -0.304. The van der Waals surface area contributed by atoms with Crippen LogP contribution in [0.25, 0.3) is 0 Å². The van der Waals surface area contributed by atoms with Gasteiger partial charge in [-0.2, -0.15) is 0 Å². The predicted molar refractivity (Wildman–Crippen MR) is 124 cm³/mol. The van der Waals surface area contributed by atoms with Crippen LogP contribution in [0.5, 0.6) is 5.75 Å². The lowest BCUT2D eigenvalue weighted by Gasteiger charge is -2.23. The van der Waals surface area contributed by atoms with Crippen molar-refractivity contribution in [2.75, 3.05) is 18.1 Å². The number of aliphatic hydroxyl groups is 1. The van der Waals surface area contributed by atoms with E-state index in [1.165, 1.54) is 4.90 Å². The largest absolute Gasteiger partial charge is 0.491 e. The molecule has 1 unspecified atom stereocenters. The molecule has 164 valence electrons. The average Bonchev–Trinajstić information content (AvgIpc) is 2.97. The van der Waals surface area contributed by atoms with E-state index in [9.17, 15) is 14.7 Å². The van der Waals surface area contributed by atoms with Gasteiger partial charge in [0.15, 0.2) is 11.4 Å². The first-order chi connectivity index (χ1) is 15.3. The molecule has 0 bridgehead atoms. The van der Waals surface area contributed by atoms with Gasteiger partial charge in [-0.25, -0.2) is 0 Å². The lowest BCUT2D eigenvalue weighted by molar-refractivity contribution is -0.135. The summed E-state index contributed by atoms with van der Waals surface area (Å²) < 4.78 is 5.87. The summed E-state index contributed by atoms with van der Waals surface area (Å²) in [5, 5.41) is 11.5. The van der Waals surface area contributed by atoms with Gasteiger partial charge in [0.2, 0.25) is 0 Å². The number of anilines is 1. The Balaban J connectivity index is 1.56. The minimum Gasteiger partial charge on any atom is -0.491 e. The second kappa shape index (κ2) is 8.60. The normalized spacial score (nSPS) is 17.4. The van der Waals surface area contributed by atoms with E-state index in [1.807, 2.05) is 63.2 Å². The molecule has 3 aromatic rings. The maximum Gasteiger partial charge on any atom is 0.264 e. The number of hydrogen-bond acceptors (Lipinski definition) is 4. The number of carbonyl (C=O) groups is 2. The van der Waals surface area contributed by atoms with Crippen molar-refractivity contribution in [3.8, 4) is 5.75 Å². The number of carbonyl (C=O) groups excluding carboxylic acids is 2. The number of hydrogen-bond donors (Lipinski definition) is 1. The van der Waals surface area contributed by atoms with Crippen LogP contribution in [-0.4, -0.2) is 29.9 Å². The third-order valence-electron chi connectivity index (χ3n) is 6.00.